The quantitative estimate of drug-likeness (QED) is 0.424. The molecule has 1 N–H and O–H groups in total. The molecular formula is C26H29ClFN5O4. The number of ether oxygens (including phenoxy) is 3. The molecule has 37 heavy (non-hydrogen) atoms. The monoisotopic (exact) mass is 529 g/mol. The fourth-order valence-electron chi connectivity index (χ4n) is 4.90. The van der Waals surface area contributed by atoms with Gasteiger partial charge in [0.1, 0.15) is 18.0 Å². The van der Waals surface area contributed by atoms with Gasteiger partial charge in [0, 0.05) is 36.3 Å². The third kappa shape index (κ3) is 5.71. The molecule has 2 heterocycles. The van der Waals surface area contributed by atoms with Gasteiger partial charge < -0.3 is 19.5 Å². The van der Waals surface area contributed by atoms with E-state index in [4.69, 9.17) is 25.8 Å². The molecule has 2 aromatic carbocycles. The fraction of sp³-hybridized carbons (Fsp3) is 0.423. The minimum absolute atomic E-state index is 0.0160. The molecule has 9 nitrogen and oxygen atoms in total. The Balaban J connectivity index is 1.32. The number of aromatic nitrogens is 2. The van der Waals surface area contributed by atoms with Gasteiger partial charge in [0.15, 0.2) is 11.5 Å². The van der Waals surface area contributed by atoms with E-state index in [9.17, 15) is 9.18 Å². The summed E-state index contributed by atoms with van der Waals surface area (Å²) in [5, 5.41) is 7.86. The number of carbonyl (C=O) groups excluding carboxylic acids is 1. The second kappa shape index (κ2) is 11.5. The van der Waals surface area contributed by atoms with Crippen LogP contribution in [0.3, 0.4) is 0 Å². The first-order chi connectivity index (χ1) is 18.1. The van der Waals surface area contributed by atoms with Gasteiger partial charge in [-0.1, -0.05) is 11.6 Å². The largest absolute Gasteiger partial charge is 0.493 e. The maximum absolute atomic E-state index is 13.6. The van der Waals surface area contributed by atoms with E-state index in [2.05, 4.69) is 20.3 Å². The van der Waals surface area contributed by atoms with Gasteiger partial charge in [0.25, 0.3) is 0 Å². The molecule has 0 atom stereocenters. The lowest BCUT2D eigenvalue weighted by atomic mass is 9.92. The molecule has 1 amide bonds. The lowest BCUT2D eigenvalue weighted by Crippen LogP contribution is -2.53. The summed E-state index contributed by atoms with van der Waals surface area (Å²) in [6, 6.07) is 8.22. The Bertz CT molecular complexity index is 1250. The van der Waals surface area contributed by atoms with Crippen LogP contribution in [0, 0.1) is 5.82 Å². The number of fused-ring (bicyclic) bond motifs is 1. The molecule has 11 heteroatoms. The van der Waals surface area contributed by atoms with Crippen molar-refractivity contribution in [3.05, 3.63) is 47.5 Å². The van der Waals surface area contributed by atoms with Crippen LogP contribution in [-0.4, -0.2) is 72.0 Å². The van der Waals surface area contributed by atoms with Gasteiger partial charge in [-0.05, 0) is 49.9 Å². The number of methoxy groups -OCH3 is 1. The molecule has 0 spiro atoms. The van der Waals surface area contributed by atoms with E-state index < -0.39 is 5.82 Å². The number of hydrogen-bond donors (Lipinski definition) is 1. The smallest absolute Gasteiger partial charge is 0.224 e. The van der Waals surface area contributed by atoms with Crippen molar-refractivity contribution in [1.29, 1.82) is 0 Å². The summed E-state index contributed by atoms with van der Waals surface area (Å²) in [5.41, 5.74) is 1.27. The van der Waals surface area contributed by atoms with E-state index in [0.29, 0.717) is 41.7 Å². The summed E-state index contributed by atoms with van der Waals surface area (Å²) >= 11 is 5.94. The van der Waals surface area contributed by atoms with Gasteiger partial charge in [-0.25, -0.2) is 19.4 Å². The number of morpholine rings is 1. The molecule has 1 saturated carbocycles. The minimum atomic E-state index is -0.490. The molecule has 3 aromatic rings. The van der Waals surface area contributed by atoms with Crippen LogP contribution >= 0.6 is 11.6 Å². The molecule has 5 rings (SSSR count). The Hall–Kier alpha value is -3.21. The molecule has 0 radical (unpaired) electrons. The second-order valence-corrected chi connectivity index (χ2v) is 9.50. The van der Waals surface area contributed by atoms with E-state index in [1.165, 1.54) is 18.5 Å². The first-order valence-corrected chi connectivity index (χ1v) is 12.7. The van der Waals surface area contributed by atoms with E-state index >= 15 is 0 Å². The Labute approximate surface area is 219 Å². The van der Waals surface area contributed by atoms with E-state index in [0.717, 1.165) is 50.6 Å². The highest BCUT2D eigenvalue weighted by Gasteiger charge is 2.30. The third-order valence-corrected chi connectivity index (χ3v) is 7.13. The van der Waals surface area contributed by atoms with E-state index in [1.54, 1.807) is 13.2 Å². The van der Waals surface area contributed by atoms with Crippen LogP contribution < -0.4 is 14.8 Å². The molecule has 1 saturated heterocycles. The number of benzene rings is 2. The van der Waals surface area contributed by atoms with Crippen molar-refractivity contribution < 1.29 is 23.4 Å². The highest BCUT2D eigenvalue weighted by molar-refractivity contribution is 6.31. The van der Waals surface area contributed by atoms with Crippen molar-refractivity contribution in [3.63, 3.8) is 0 Å². The van der Waals surface area contributed by atoms with Crippen molar-refractivity contribution >= 4 is 40.4 Å². The highest BCUT2D eigenvalue weighted by Crippen LogP contribution is 2.37. The number of hydrogen-bond acceptors (Lipinski definition) is 8. The van der Waals surface area contributed by atoms with Crippen LogP contribution in [0.5, 0.6) is 11.5 Å². The lowest BCUT2D eigenvalue weighted by molar-refractivity contribution is -0.153. The van der Waals surface area contributed by atoms with Crippen molar-refractivity contribution in [2.24, 2.45) is 0 Å². The highest BCUT2D eigenvalue weighted by atomic mass is 35.5. The Morgan fingerprint density at radius 1 is 1.14 bits per heavy atom. The van der Waals surface area contributed by atoms with Gasteiger partial charge in [-0.2, -0.15) is 0 Å². The maximum atomic E-state index is 13.6. The molecule has 196 valence electrons. The van der Waals surface area contributed by atoms with Crippen molar-refractivity contribution in [2.75, 3.05) is 38.7 Å². The zero-order valence-electron chi connectivity index (χ0n) is 20.5. The SMILES string of the molecule is COc1cc2ncnc(Nc3ccc(F)c(Cl)c3)c2cc1O[C@H]1CC[C@H](N(C=O)N2CCOCC2)CC1. The van der Waals surface area contributed by atoms with Crippen LogP contribution in [0.2, 0.25) is 5.02 Å². The number of hydrazine groups is 1. The predicted molar refractivity (Wildman–Crippen MR) is 138 cm³/mol. The number of nitrogens with zero attached hydrogens (tertiary/aromatic N) is 4. The average Bonchev–Trinajstić information content (AvgIpc) is 2.93. The molecular weight excluding hydrogens is 501 g/mol. The molecule has 1 aliphatic heterocycles. The number of nitrogens with one attached hydrogen (secondary N) is 1. The topological polar surface area (TPSA) is 89.1 Å². The average molecular weight is 530 g/mol. The van der Waals surface area contributed by atoms with Gasteiger partial charge >= 0.3 is 0 Å². The summed E-state index contributed by atoms with van der Waals surface area (Å²) in [7, 11) is 1.59. The predicted octanol–water partition coefficient (Wildman–Crippen LogP) is 4.57. The Kier molecular flexibility index (Phi) is 7.87. The summed E-state index contributed by atoms with van der Waals surface area (Å²) in [6.07, 6.45) is 5.68. The maximum Gasteiger partial charge on any atom is 0.224 e. The van der Waals surface area contributed by atoms with Gasteiger partial charge in [-0.15, -0.1) is 0 Å². The fourth-order valence-corrected chi connectivity index (χ4v) is 5.08. The molecule has 2 fully saturated rings. The van der Waals surface area contributed by atoms with Crippen molar-refractivity contribution in [2.45, 2.75) is 37.8 Å². The number of amides is 1. The van der Waals surface area contributed by atoms with Gasteiger partial charge in [-0.3, -0.25) is 9.80 Å². The molecule has 0 unspecified atom stereocenters. The zero-order valence-corrected chi connectivity index (χ0v) is 21.3. The standard InChI is InChI=1S/C26H29ClFN5O4/c1-35-24-14-23-20(26(30-15-29-23)31-17-2-7-22(28)21(27)12-17)13-25(24)37-19-5-3-18(4-6-19)33(16-34)32-8-10-36-11-9-32/h2,7,12-16,18-19H,3-6,8-11H2,1H3,(H,29,30,31)/t18-,19-. The second-order valence-electron chi connectivity index (χ2n) is 9.10. The number of anilines is 2. The number of carbonyl (C=O) groups is 1. The minimum Gasteiger partial charge on any atom is -0.493 e. The summed E-state index contributed by atoms with van der Waals surface area (Å²) in [4.78, 5) is 20.6. The van der Waals surface area contributed by atoms with E-state index in [-0.39, 0.29) is 17.2 Å². The van der Waals surface area contributed by atoms with Crippen LogP contribution in [0.15, 0.2) is 36.7 Å². The summed E-state index contributed by atoms with van der Waals surface area (Å²) in [6.45, 7) is 2.73. The van der Waals surface area contributed by atoms with Gasteiger partial charge in [0.05, 0.1) is 37.0 Å². The van der Waals surface area contributed by atoms with Crippen LogP contribution in [0.25, 0.3) is 10.9 Å². The van der Waals surface area contributed by atoms with E-state index in [1.807, 2.05) is 17.1 Å². The Morgan fingerprint density at radius 2 is 1.92 bits per heavy atom. The zero-order chi connectivity index (χ0) is 25.8. The molecule has 1 aliphatic carbocycles. The first kappa shape index (κ1) is 25.4. The van der Waals surface area contributed by atoms with Crippen molar-refractivity contribution in [3.8, 4) is 11.5 Å². The first-order valence-electron chi connectivity index (χ1n) is 12.3. The van der Waals surface area contributed by atoms with Crippen LogP contribution in [-0.2, 0) is 9.53 Å². The normalized spacial score (nSPS) is 20.4. The van der Waals surface area contributed by atoms with Crippen LogP contribution in [0.1, 0.15) is 25.7 Å². The third-order valence-electron chi connectivity index (χ3n) is 6.84. The Morgan fingerprint density at radius 3 is 2.62 bits per heavy atom. The number of halogens is 2. The number of rotatable bonds is 8. The molecule has 0 bridgehead atoms. The molecule has 2 aliphatic rings. The molecule has 1 aromatic heterocycles. The van der Waals surface area contributed by atoms with Crippen molar-refractivity contribution in [1.82, 2.24) is 20.0 Å². The lowest BCUT2D eigenvalue weighted by Gasteiger charge is -2.42. The van der Waals surface area contributed by atoms with Crippen LogP contribution in [0.4, 0.5) is 15.9 Å². The summed E-state index contributed by atoms with van der Waals surface area (Å²) < 4.78 is 31.0. The summed E-state index contributed by atoms with van der Waals surface area (Å²) in [5.74, 6) is 1.22. The van der Waals surface area contributed by atoms with Gasteiger partial charge in [0.2, 0.25) is 6.41 Å².